The van der Waals surface area contributed by atoms with Gasteiger partial charge in [0.15, 0.2) is 0 Å². The minimum atomic E-state index is -3.36. The van der Waals surface area contributed by atoms with Gasteiger partial charge in [-0.1, -0.05) is 59.6 Å². The van der Waals surface area contributed by atoms with Crippen LogP contribution >= 0.6 is 35.0 Å². The molecule has 1 aliphatic rings. The Bertz CT molecular complexity index is 1020. The van der Waals surface area contributed by atoms with Crippen molar-refractivity contribution in [3.05, 3.63) is 69.7 Å². The highest BCUT2D eigenvalue weighted by molar-refractivity contribution is 7.98. The molecular formula is C24H30Cl2N2O3S2. The van der Waals surface area contributed by atoms with Crippen LogP contribution in [0.4, 0.5) is 0 Å². The fourth-order valence-electron chi connectivity index (χ4n) is 3.85. The van der Waals surface area contributed by atoms with E-state index in [9.17, 15) is 13.2 Å². The van der Waals surface area contributed by atoms with Gasteiger partial charge in [-0.3, -0.25) is 4.79 Å². The molecule has 1 fully saturated rings. The summed E-state index contributed by atoms with van der Waals surface area (Å²) >= 11 is 13.7. The van der Waals surface area contributed by atoms with Crippen LogP contribution in [0.1, 0.15) is 30.4 Å². The molecule has 0 aromatic heterocycles. The molecule has 180 valence electrons. The number of halogens is 2. The van der Waals surface area contributed by atoms with Gasteiger partial charge in [0.2, 0.25) is 15.9 Å². The Morgan fingerprint density at radius 2 is 1.88 bits per heavy atom. The number of thioether (sulfide) groups is 1. The molecule has 0 spiro atoms. The largest absolute Gasteiger partial charge is 0.355 e. The van der Waals surface area contributed by atoms with E-state index in [0.29, 0.717) is 36.0 Å². The van der Waals surface area contributed by atoms with Gasteiger partial charge < -0.3 is 5.32 Å². The molecule has 3 rings (SSSR count). The van der Waals surface area contributed by atoms with Crippen molar-refractivity contribution in [3.8, 4) is 0 Å². The van der Waals surface area contributed by atoms with Crippen molar-refractivity contribution in [1.82, 2.24) is 9.62 Å². The van der Waals surface area contributed by atoms with Gasteiger partial charge in [-0.25, -0.2) is 12.7 Å². The lowest BCUT2D eigenvalue weighted by atomic mass is 9.99. The molecule has 0 aliphatic carbocycles. The van der Waals surface area contributed by atoms with Gasteiger partial charge >= 0.3 is 0 Å². The molecule has 1 heterocycles. The molecular weight excluding hydrogens is 499 g/mol. The van der Waals surface area contributed by atoms with Crippen molar-refractivity contribution < 1.29 is 13.2 Å². The number of rotatable bonds is 11. The number of benzene rings is 2. The third kappa shape index (κ3) is 8.48. The van der Waals surface area contributed by atoms with Crippen molar-refractivity contribution in [2.75, 3.05) is 31.1 Å². The molecule has 2 aromatic carbocycles. The number of nitrogens with zero attached hydrogens (tertiary/aromatic N) is 1. The zero-order valence-electron chi connectivity index (χ0n) is 18.5. The summed E-state index contributed by atoms with van der Waals surface area (Å²) < 4.78 is 27.1. The summed E-state index contributed by atoms with van der Waals surface area (Å²) in [5.41, 5.74) is 2.22. The van der Waals surface area contributed by atoms with Gasteiger partial charge in [0.1, 0.15) is 0 Å². The van der Waals surface area contributed by atoms with E-state index in [0.717, 1.165) is 35.5 Å². The Hall–Kier alpha value is -1.25. The monoisotopic (exact) mass is 528 g/mol. The molecule has 0 unspecified atom stereocenters. The smallest absolute Gasteiger partial charge is 0.224 e. The standard InChI is InChI=1S/C24H30Cl2N2O3S2/c25-22-11-10-20(16-23(22)26)18-32-14-12-27-24(29)21-9-4-13-28(17-21)33(30,31)15-5-8-19-6-2-1-3-7-19/h1-3,6-7,10-11,16,21H,4-5,8-9,12-15,17-18H2,(H,27,29)/t21-/m0/s1. The molecule has 33 heavy (non-hydrogen) atoms. The third-order valence-corrected chi connectivity index (χ3v) is 9.35. The molecule has 1 saturated heterocycles. The maximum Gasteiger partial charge on any atom is 0.224 e. The van der Waals surface area contributed by atoms with Crippen molar-refractivity contribution in [1.29, 1.82) is 0 Å². The fraction of sp³-hybridized carbons (Fsp3) is 0.458. The Morgan fingerprint density at radius 3 is 2.64 bits per heavy atom. The minimum absolute atomic E-state index is 0.0608. The lowest BCUT2D eigenvalue weighted by Gasteiger charge is -2.31. The van der Waals surface area contributed by atoms with Crippen molar-refractivity contribution in [2.45, 2.75) is 31.4 Å². The SMILES string of the molecule is O=C(NCCSCc1ccc(Cl)c(Cl)c1)[C@H]1CCCN(S(=O)(=O)CCCc2ccccc2)C1. The van der Waals surface area contributed by atoms with Crippen LogP contribution in [-0.4, -0.2) is 49.8 Å². The van der Waals surface area contributed by atoms with Crippen LogP contribution in [0.5, 0.6) is 0 Å². The molecule has 1 N–H and O–H groups in total. The zero-order chi connectivity index (χ0) is 23.7. The minimum Gasteiger partial charge on any atom is -0.355 e. The zero-order valence-corrected chi connectivity index (χ0v) is 21.7. The average Bonchev–Trinajstić information content (AvgIpc) is 2.81. The molecule has 1 atom stereocenters. The summed E-state index contributed by atoms with van der Waals surface area (Å²) in [6.07, 6.45) is 2.74. The van der Waals surface area contributed by atoms with Crippen molar-refractivity contribution in [3.63, 3.8) is 0 Å². The Balaban J connectivity index is 1.37. The van der Waals surface area contributed by atoms with Crippen LogP contribution in [0.3, 0.4) is 0 Å². The molecule has 5 nitrogen and oxygen atoms in total. The van der Waals surface area contributed by atoms with Gasteiger partial charge in [0, 0.05) is 31.1 Å². The van der Waals surface area contributed by atoms with Gasteiger partial charge in [-0.2, -0.15) is 11.8 Å². The van der Waals surface area contributed by atoms with Crippen LogP contribution in [0.25, 0.3) is 0 Å². The van der Waals surface area contributed by atoms with E-state index in [2.05, 4.69) is 5.32 Å². The third-order valence-electron chi connectivity index (χ3n) is 5.66. The van der Waals surface area contributed by atoms with E-state index in [1.165, 1.54) is 4.31 Å². The van der Waals surface area contributed by atoms with E-state index >= 15 is 0 Å². The maximum atomic E-state index is 12.8. The number of carbonyl (C=O) groups excluding carboxylic acids is 1. The molecule has 1 amide bonds. The summed E-state index contributed by atoms with van der Waals surface area (Å²) in [6.45, 7) is 1.32. The van der Waals surface area contributed by atoms with Gasteiger partial charge in [0.05, 0.1) is 21.7 Å². The van der Waals surface area contributed by atoms with E-state index < -0.39 is 10.0 Å². The summed E-state index contributed by atoms with van der Waals surface area (Å²) in [6, 6.07) is 15.5. The highest BCUT2D eigenvalue weighted by atomic mass is 35.5. The van der Waals surface area contributed by atoms with E-state index in [1.807, 2.05) is 42.5 Å². The topological polar surface area (TPSA) is 66.5 Å². The van der Waals surface area contributed by atoms with Crippen LogP contribution in [0.2, 0.25) is 10.0 Å². The first-order chi connectivity index (χ1) is 15.8. The number of piperidine rings is 1. The molecule has 1 aliphatic heterocycles. The van der Waals surface area contributed by atoms with Gasteiger partial charge in [-0.15, -0.1) is 0 Å². The van der Waals surface area contributed by atoms with Gasteiger partial charge in [0.25, 0.3) is 0 Å². The number of sulfonamides is 1. The van der Waals surface area contributed by atoms with Crippen LogP contribution in [-0.2, 0) is 27.0 Å². The number of hydrogen-bond acceptors (Lipinski definition) is 4. The highest BCUT2D eigenvalue weighted by Gasteiger charge is 2.31. The highest BCUT2D eigenvalue weighted by Crippen LogP contribution is 2.25. The lowest BCUT2D eigenvalue weighted by molar-refractivity contribution is -0.125. The van der Waals surface area contributed by atoms with E-state index in [-0.39, 0.29) is 24.1 Å². The Morgan fingerprint density at radius 1 is 1.09 bits per heavy atom. The summed E-state index contributed by atoms with van der Waals surface area (Å²) in [5.74, 6) is 1.31. The number of aryl methyl sites for hydroxylation is 1. The molecule has 9 heteroatoms. The second-order valence-corrected chi connectivity index (χ2v) is 12.2. The quantitative estimate of drug-likeness (QED) is 0.416. The fourth-order valence-corrected chi connectivity index (χ4v) is 6.56. The van der Waals surface area contributed by atoms with E-state index in [1.54, 1.807) is 17.8 Å². The Kier molecular flexibility index (Phi) is 10.4. The summed E-state index contributed by atoms with van der Waals surface area (Å²) in [4.78, 5) is 12.6. The predicted octanol–water partition coefficient (Wildman–Crippen LogP) is 5.02. The van der Waals surface area contributed by atoms with Crippen LogP contribution in [0, 0.1) is 5.92 Å². The number of amides is 1. The first kappa shape index (κ1) is 26.4. The lowest BCUT2D eigenvalue weighted by Crippen LogP contribution is -2.46. The van der Waals surface area contributed by atoms with Crippen molar-refractivity contribution >= 4 is 50.9 Å². The summed E-state index contributed by atoms with van der Waals surface area (Å²) in [5, 5.41) is 4.05. The molecule has 0 saturated carbocycles. The normalized spacial score (nSPS) is 17.1. The van der Waals surface area contributed by atoms with Crippen LogP contribution < -0.4 is 5.32 Å². The molecule has 2 aromatic rings. The van der Waals surface area contributed by atoms with Gasteiger partial charge in [-0.05, 0) is 48.9 Å². The van der Waals surface area contributed by atoms with E-state index in [4.69, 9.17) is 23.2 Å². The molecule has 0 bridgehead atoms. The second kappa shape index (κ2) is 13.0. The second-order valence-electron chi connectivity index (χ2n) is 8.19. The number of hydrogen-bond donors (Lipinski definition) is 1. The maximum absolute atomic E-state index is 12.8. The molecule has 0 radical (unpaired) electrons. The number of carbonyl (C=O) groups is 1. The van der Waals surface area contributed by atoms with Crippen LogP contribution in [0.15, 0.2) is 48.5 Å². The predicted molar refractivity (Wildman–Crippen MR) is 138 cm³/mol. The first-order valence-corrected chi connectivity index (χ1v) is 14.7. The Labute approximate surface area is 211 Å². The van der Waals surface area contributed by atoms with Crippen molar-refractivity contribution in [2.24, 2.45) is 5.92 Å². The summed E-state index contributed by atoms with van der Waals surface area (Å²) in [7, 11) is -3.36. The number of nitrogens with one attached hydrogen (secondary N) is 1. The average molecular weight is 530 g/mol. The first-order valence-electron chi connectivity index (χ1n) is 11.2.